The quantitative estimate of drug-likeness (QED) is 0.747. The molecule has 0 saturated heterocycles. The molecule has 0 aliphatic rings. The molecule has 19 heavy (non-hydrogen) atoms. The highest BCUT2D eigenvalue weighted by molar-refractivity contribution is 5.78. The third kappa shape index (κ3) is 3.65. The molecular weight excluding hydrogens is 232 g/mol. The van der Waals surface area contributed by atoms with Crippen molar-refractivity contribution < 1.29 is 0 Å². The van der Waals surface area contributed by atoms with Crippen molar-refractivity contribution in [3.05, 3.63) is 54.7 Å². The van der Waals surface area contributed by atoms with E-state index >= 15 is 0 Å². The van der Waals surface area contributed by atoms with Crippen molar-refractivity contribution >= 4 is 10.9 Å². The van der Waals surface area contributed by atoms with Gasteiger partial charge in [-0.15, -0.1) is 6.58 Å². The summed E-state index contributed by atoms with van der Waals surface area (Å²) < 4.78 is 0. The van der Waals surface area contributed by atoms with Crippen LogP contribution in [0.4, 0.5) is 0 Å². The Hall–Kier alpha value is -1.67. The van der Waals surface area contributed by atoms with E-state index in [1.165, 1.54) is 5.39 Å². The van der Waals surface area contributed by atoms with Crippen LogP contribution in [0.3, 0.4) is 0 Å². The van der Waals surface area contributed by atoms with Crippen LogP contribution in [0, 0.1) is 0 Å². The lowest BCUT2D eigenvalue weighted by Crippen LogP contribution is -2.22. The summed E-state index contributed by atoms with van der Waals surface area (Å²) in [5.41, 5.74) is 2.20. The summed E-state index contributed by atoms with van der Waals surface area (Å²) >= 11 is 0. The van der Waals surface area contributed by atoms with Gasteiger partial charge in [-0.25, -0.2) is 0 Å². The Morgan fingerprint density at radius 3 is 2.89 bits per heavy atom. The van der Waals surface area contributed by atoms with Crippen LogP contribution in [-0.4, -0.2) is 11.5 Å². The van der Waals surface area contributed by atoms with E-state index in [2.05, 4.69) is 43.1 Å². The number of hydrogen-bond acceptors (Lipinski definition) is 2. The van der Waals surface area contributed by atoms with Crippen LogP contribution in [0.5, 0.6) is 0 Å². The fraction of sp³-hybridized carbons (Fsp3) is 0.353. The molecule has 1 N–H and O–H groups in total. The molecule has 0 bridgehead atoms. The third-order valence-electron chi connectivity index (χ3n) is 3.28. The number of nitrogens with one attached hydrogen (secondary N) is 1. The highest BCUT2D eigenvalue weighted by atomic mass is 14.9. The van der Waals surface area contributed by atoms with E-state index < -0.39 is 0 Å². The maximum absolute atomic E-state index is 4.78. The first-order valence-electron chi connectivity index (χ1n) is 7.05. The van der Waals surface area contributed by atoms with Crippen LogP contribution >= 0.6 is 0 Å². The smallest absolute Gasteiger partial charge is 0.0706 e. The Balaban J connectivity index is 2.23. The predicted molar refractivity (Wildman–Crippen MR) is 82.2 cm³/mol. The van der Waals surface area contributed by atoms with Crippen molar-refractivity contribution in [1.82, 2.24) is 10.3 Å². The van der Waals surface area contributed by atoms with Gasteiger partial charge in [-0.3, -0.25) is 4.98 Å². The second-order valence-electron chi connectivity index (χ2n) is 4.80. The highest BCUT2D eigenvalue weighted by Gasteiger charge is 2.11. The average molecular weight is 254 g/mol. The maximum atomic E-state index is 4.78. The Morgan fingerprint density at radius 1 is 1.26 bits per heavy atom. The Bertz CT molecular complexity index is 534. The highest BCUT2D eigenvalue weighted by Crippen LogP contribution is 2.20. The number of allylic oxidation sites excluding steroid dienone is 1. The molecule has 0 aliphatic carbocycles. The summed E-state index contributed by atoms with van der Waals surface area (Å²) in [5, 5.41) is 4.77. The van der Waals surface area contributed by atoms with Gasteiger partial charge < -0.3 is 5.32 Å². The van der Waals surface area contributed by atoms with E-state index in [1.54, 1.807) is 0 Å². The van der Waals surface area contributed by atoms with Crippen molar-refractivity contribution in [3.8, 4) is 0 Å². The first-order chi connectivity index (χ1) is 9.35. The number of hydrogen-bond donors (Lipinski definition) is 1. The maximum Gasteiger partial charge on any atom is 0.0706 e. The second kappa shape index (κ2) is 7.05. The van der Waals surface area contributed by atoms with Gasteiger partial charge >= 0.3 is 0 Å². The van der Waals surface area contributed by atoms with Gasteiger partial charge in [0.2, 0.25) is 0 Å². The molecule has 1 aromatic carbocycles. The number of benzene rings is 1. The molecule has 1 unspecified atom stereocenters. The zero-order valence-electron chi connectivity index (χ0n) is 11.6. The number of para-hydroxylation sites is 1. The van der Waals surface area contributed by atoms with E-state index in [-0.39, 0.29) is 0 Å². The molecule has 2 rings (SSSR count). The number of nitrogens with zero attached hydrogens (tertiary/aromatic N) is 1. The van der Waals surface area contributed by atoms with E-state index in [0.29, 0.717) is 6.04 Å². The molecule has 2 nitrogen and oxygen atoms in total. The minimum atomic E-state index is 0.322. The zero-order chi connectivity index (χ0) is 13.5. The first kappa shape index (κ1) is 13.8. The second-order valence-corrected chi connectivity index (χ2v) is 4.80. The number of aromatic nitrogens is 1. The third-order valence-corrected chi connectivity index (χ3v) is 3.28. The Morgan fingerprint density at radius 2 is 2.11 bits per heavy atom. The van der Waals surface area contributed by atoms with Crippen LogP contribution in [0.15, 0.2) is 49.1 Å². The lowest BCUT2D eigenvalue weighted by Gasteiger charge is -2.17. The summed E-state index contributed by atoms with van der Waals surface area (Å²) in [6.45, 7) is 7.02. The lowest BCUT2D eigenvalue weighted by atomic mass is 10.1. The lowest BCUT2D eigenvalue weighted by molar-refractivity contribution is 0.494. The van der Waals surface area contributed by atoms with Gasteiger partial charge in [0.1, 0.15) is 0 Å². The number of fused-ring (bicyclic) bond motifs is 1. The van der Waals surface area contributed by atoms with Gasteiger partial charge in [0.25, 0.3) is 0 Å². The normalized spacial score (nSPS) is 12.5. The predicted octanol–water partition coefficient (Wildman–Crippen LogP) is 4.24. The minimum absolute atomic E-state index is 0.322. The van der Waals surface area contributed by atoms with Gasteiger partial charge in [-0.2, -0.15) is 0 Å². The molecule has 1 heterocycles. The van der Waals surface area contributed by atoms with Crippen molar-refractivity contribution in [1.29, 1.82) is 0 Å². The summed E-state index contributed by atoms with van der Waals surface area (Å²) in [4.78, 5) is 4.78. The molecule has 0 radical (unpaired) electrons. The molecule has 1 atom stereocenters. The molecule has 100 valence electrons. The fourth-order valence-corrected chi connectivity index (χ4v) is 2.23. The van der Waals surface area contributed by atoms with Gasteiger partial charge in [0.05, 0.1) is 11.2 Å². The molecule has 2 aromatic rings. The Kier molecular flexibility index (Phi) is 5.10. The SMILES string of the molecule is C=CCCC(NCCC)c1ccc2ccccc2n1. The molecule has 0 aliphatic heterocycles. The van der Waals surface area contributed by atoms with Crippen molar-refractivity contribution in [2.24, 2.45) is 0 Å². The van der Waals surface area contributed by atoms with Gasteiger partial charge in [0.15, 0.2) is 0 Å². The number of rotatable bonds is 7. The minimum Gasteiger partial charge on any atom is -0.309 e. The topological polar surface area (TPSA) is 24.9 Å². The summed E-state index contributed by atoms with van der Waals surface area (Å²) in [6.07, 6.45) is 5.17. The average Bonchev–Trinajstić information content (AvgIpc) is 2.47. The van der Waals surface area contributed by atoms with Gasteiger partial charge in [-0.05, 0) is 37.9 Å². The summed E-state index contributed by atoms with van der Waals surface area (Å²) in [6, 6.07) is 12.9. The van der Waals surface area contributed by atoms with Gasteiger partial charge in [-0.1, -0.05) is 37.3 Å². The van der Waals surface area contributed by atoms with E-state index in [9.17, 15) is 0 Å². The standard InChI is InChI=1S/C17H22N2/c1-3-5-9-16(18-13-4-2)17-12-11-14-8-6-7-10-15(14)19-17/h3,6-8,10-12,16,18H,1,4-5,9,13H2,2H3. The monoisotopic (exact) mass is 254 g/mol. The largest absolute Gasteiger partial charge is 0.309 e. The Labute approximate surface area is 115 Å². The van der Waals surface area contributed by atoms with Crippen molar-refractivity contribution in [2.75, 3.05) is 6.54 Å². The zero-order valence-corrected chi connectivity index (χ0v) is 11.6. The van der Waals surface area contributed by atoms with Crippen LogP contribution in [0.1, 0.15) is 37.9 Å². The van der Waals surface area contributed by atoms with Gasteiger partial charge in [0, 0.05) is 11.4 Å². The molecule has 0 saturated carbocycles. The van der Waals surface area contributed by atoms with E-state index in [4.69, 9.17) is 4.98 Å². The van der Waals surface area contributed by atoms with Crippen LogP contribution < -0.4 is 5.32 Å². The van der Waals surface area contributed by atoms with Crippen LogP contribution in [0.25, 0.3) is 10.9 Å². The van der Waals surface area contributed by atoms with Crippen LogP contribution in [-0.2, 0) is 0 Å². The summed E-state index contributed by atoms with van der Waals surface area (Å²) in [7, 11) is 0. The van der Waals surface area contributed by atoms with E-state index in [1.807, 2.05) is 18.2 Å². The molecule has 0 amide bonds. The fourth-order valence-electron chi connectivity index (χ4n) is 2.23. The first-order valence-corrected chi connectivity index (χ1v) is 7.05. The van der Waals surface area contributed by atoms with Crippen molar-refractivity contribution in [2.45, 2.75) is 32.2 Å². The number of pyridine rings is 1. The van der Waals surface area contributed by atoms with Crippen LogP contribution in [0.2, 0.25) is 0 Å². The molecule has 2 heteroatoms. The van der Waals surface area contributed by atoms with Crippen molar-refractivity contribution in [3.63, 3.8) is 0 Å². The molecule has 1 aromatic heterocycles. The molecule has 0 fully saturated rings. The van der Waals surface area contributed by atoms with E-state index in [0.717, 1.165) is 37.0 Å². The summed E-state index contributed by atoms with van der Waals surface area (Å²) in [5.74, 6) is 0. The molecular formula is C17H22N2. The molecule has 0 spiro atoms.